The minimum atomic E-state index is -4.41. The van der Waals surface area contributed by atoms with Gasteiger partial charge in [0.2, 0.25) is 0 Å². The first-order valence-corrected chi connectivity index (χ1v) is 5.13. The molecule has 0 spiro atoms. The molecule has 2 rings (SSSR count). The Morgan fingerprint density at radius 2 is 1.89 bits per heavy atom. The predicted molar refractivity (Wildman–Crippen MR) is 61.6 cm³/mol. The van der Waals surface area contributed by atoms with E-state index < -0.39 is 11.7 Å². The van der Waals surface area contributed by atoms with Crippen LogP contribution in [-0.4, -0.2) is 9.97 Å². The van der Waals surface area contributed by atoms with Gasteiger partial charge in [0.1, 0.15) is 0 Å². The molecule has 3 nitrogen and oxygen atoms in total. The maximum Gasteiger partial charge on any atom is 0.417 e. The maximum absolute atomic E-state index is 12.5. The van der Waals surface area contributed by atoms with Crippen molar-refractivity contribution in [2.45, 2.75) is 13.1 Å². The van der Waals surface area contributed by atoms with E-state index in [2.05, 4.69) is 9.97 Å². The summed E-state index contributed by atoms with van der Waals surface area (Å²) in [5.41, 5.74) is 6.62. The summed E-state index contributed by atoms with van der Waals surface area (Å²) in [6, 6.07) is 4.20. The number of aryl methyl sites for hydroxylation is 1. The number of anilines is 1. The number of nitrogens with zero attached hydrogens (tertiary/aromatic N) is 2. The zero-order valence-corrected chi connectivity index (χ0v) is 9.49. The first-order valence-electron chi connectivity index (χ1n) is 5.13. The summed E-state index contributed by atoms with van der Waals surface area (Å²) < 4.78 is 37.6. The molecule has 0 saturated carbocycles. The quantitative estimate of drug-likeness (QED) is 0.849. The SMILES string of the molecule is Cc1nc(-c2cncc(C(F)(F)F)c2)ccc1N. The lowest BCUT2D eigenvalue weighted by molar-refractivity contribution is -0.137. The Labute approximate surface area is 101 Å². The van der Waals surface area contributed by atoms with E-state index in [0.29, 0.717) is 22.6 Å². The lowest BCUT2D eigenvalue weighted by atomic mass is 10.1. The van der Waals surface area contributed by atoms with E-state index in [1.54, 1.807) is 19.1 Å². The van der Waals surface area contributed by atoms with E-state index >= 15 is 0 Å². The van der Waals surface area contributed by atoms with Gasteiger partial charge in [0, 0.05) is 18.0 Å². The molecular weight excluding hydrogens is 243 g/mol. The van der Waals surface area contributed by atoms with Crippen molar-refractivity contribution in [3.8, 4) is 11.3 Å². The van der Waals surface area contributed by atoms with Gasteiger partial charge in [-0.3, -0.25) is 9.97 Å². The molecule has 0 aliphatic carbocycles. The molecule has 94 valence electrons. The maximum atomic E-state index is 12.5. The molecule has 0 aliphatic heterocycles. The van der Waals surface area contributed by atoms with Gasteiger partial charge in [-0.05, 0) is 25.1 Å². The number of alkyl halides is 3. The minimum Gasteiger partial charge on any atom is -0.397 e. The van der Waals surface area contributed by atoms with Gasteiger partial charge >= 0.3 is 6.18 Å². The van der Waals surface area contributed by atoms with E-state index in [-0.39, 0.29) is 0 Å². The summed E-state index contributed by atoms with van der Waals surface area (Å²) in [6.45, 7) is 1.69. The monoisotopic (exact) mass is 253 g/mol. The Bertz CT molecular complexity index is 579. The molecule has 0 bridgehead atoms. The number of halogens is 3. The predicted octanol–water partition coefficient (Wildman–Crippen LogP) is 3.05. The molecule has 0 saturated heterocycles. The summed E-state index contributed by atoms with van der Waals surface area (Å²) in [5.74, 6) is 0. The van der Waals surface area contributed by atoms with Crippen molar-refractivity contribution < 1.29 is 13.2 Å². The van der Waals surface area contributed by atoms with E-state index in [0.717, 1.165) is 12.3 Å². The first kappa shape index (κ1) is 12.3. The van der Waals surface area contributed by atoms with Crippen molar-refractivity contribution in [1.29, 1.82) is 0 Å². The number of aromatic nitrogens is 2. The van der Waals surface area contributed by atoms with Gasteiger partial charge in [-0.1, -0.05) is 0 Å². The first-order chi connectivity index (χ1) is 8.38. The van der Waals surface area contributed by atoms with Gasteiger partial charge in [-0.2, -0.15) is 13.2 Å². The zero-order valence-electron chi connectivity index (χ0n) is 9.49. The summed E-state index contributed by atoms with van der Waals surface area (Å²) in [4.78, 5) is 7.72. The molecule has 0 aromatic carbocycles. The van der Waals surface area contributed by atoms with E-state index in [4.69, 9.17) is 5.73 Å². The Hall–Kier alpha value is -2.11. The topological polar surface area (TPSA) is 51.8 Å². The van der Waals surface area contributed by atoms with Crippen molar-refractivity contribution in [3.05, 3.63) is 41.9 Å². The standard InChI is InChI=1S/C12H10F3N3/c1-7-10(16)2-3-11(18-7)8-4-9(6-17-5-8)12(13,14)15/h2-6H,16H2,1H3. The highest BCUT2D eigenvalue weighted by Crippen LogP contribution is 2.31. The van der Waals surface area contributed by atoms with Crippen LogP contribution in [0.3, 0.4) is 0 Å². The van der Waals surface area contributed by atoms with Crippen LogP contribution in [-0.2, 0) is 6.18 Å². The van der Waals surface area contributed by atoms with Crippen molar-refractivity contribution in [2.24, 2.45) is 0 Å². The lowest BCUT2D eigenvalue weighted by Crippen LogP contribution is -2.05. The molecule has 0 amide bonds. The van der Waals surface area contributed by atoms with Gasteiger partial charge in [-0.25, -0.2) is 0 Å². The molecule has 0 unspecified atom stereocenters. The normalized spacial score (nSPS) is 11.6. The Morgan fingerprint density at radius 1 is 1.17 bits per heavy atom. The number of pyridine rings is 2. The number of hydrogen-bond donors (Lipinski definition) is 1. The van der Waals surface area contributed by atoms with Crippen LogP contribution < -0.4 is 5.73 Å². The minimum absolute atomic E-state index is 0.313. The number of nitrogen functional groups attached to an aromatic ring is 1. The van der Waals surface area contributed by atoms with E-state index in [1.807, 2.05) is 0 Å². The Kier molecular flexibility index (Phi) is 2.94. The smallest absolute Gasteiger partial charge is 0.397 e. The average molecular weight is 253 g/mol. The number of rotatable bonds is 1. The van der Waals surface area contributed by atoms with E-state index in [9.17, 15) is 13.2 Å². The van der Waals surface area contributed by atoms with Crippen LogP contribution in [0.1, 0.15) is 11.3 Å². The van der Waals surface area contributed by atoms with E-state index in [1.165, 1.54) is 6.20 Å². The average Bonchev–Trinajstić information content (AvgIpc) is 2.32. The Balaban J connectivity index is 2.48. The van der Waals surface area contributed by atoms with Crippen molar-refractivity contribution in [3.63, 3.8) is 0 Å². The second-order valence-electron chi connectivity index (χ2n) is 3.83. The molecule has 2 aromatic rings. The van der Waals surface area contributed by atoms with Gasteiger partial charge in [0.25, 0.3) is 0 Å². The van der Waals surface area contributed by atoms with Gasteiger partial charge in [0.05, 0.1) is 22.6 Å². The highest BCUT2D eigenvalue weighted by Gasteiger charge is 2.31. The summed E-state index contributed by atoms with van der Waals surface area (Å²) in [5, 5.41) is 0. The molecule has 2 heterocycles. The second kappa shape index (κ2) is 4.29. The molecular formula is C12H10F3N3. The molecule has 0 aliphatic rings. The zero-order chi connectivity index (χ0) is 13.3. The van der Waals surface area contributed by atoms with Crippen LogP contribution in [0.2, 0.25) is 0 Å². The third-order valence-electron chi connectivity index (χ3n) is 2.49. The fourth-order valence-corrected chi connectivity index (χ4v) is 1.47. The van der Waals surface area contributed by atoms with Crippen LogP contribution in [0.15, 0.2) is 30.6 Å². The van der Waals surface area contributed by atoms with Crippen LogP contribution in [0.25, 0.3) is 11.3 Å². The fraction of sp³-hybridized carbons (Fsp3) is 0.167. The van der Waals surface area contributed by atoms with Crippen molar-refractivity contribution in [2.75, 3.05) is 5.73 Å². The Morgan fingerprint density at radius 3 is 2.50 bits per heavy atom. The molecule has 2 N–H and O–H groups in total. The molecule has 6 heteroatoms. The van der Waals surface area contributed by atoms with Gasteiger partial charge < -0.3 is 5.73 Å². The molecule has 0 fully saturated rings. The molecule has 18 heavy (non-hydrogen) atoms. The van der Waals surface area contributed by atoms with Gasteiger partial charge in [0.15, 0.2) is 0 Å². The third-order valence-corrected chi connectivity index (χ3v) is 2.49. The summed E-state index contributed by atoms with van der Waals surface area (Å²) in [6.07, 6.45) is -2.28. The number of hydrogen-bond acceptors (Lipinski definition) is 3. The van der Waals surface area contributed by atoms with Crippen LogP contribution >= 0.6 is 0 Å². The van der Waals surface area contributed by atoms with Gasteiger partial charge in [-0.15, -0.1) is 0 Å². The lowest BCUT2D eigenvalue weighted by Gasteiger charge is -2.08. The second-order valence-corrected chi connectivity index (χ2v) is 3.83. The summed E-state index contributed by atoms with van der Waals surface area (Å²) >= 11 is 0. The van der Waals surface area contributed by atoms with Crippen LogP contribution in [0.4, 0.5) is 18.9 Å². The largest absolute Gasteiger partial charge is 0.417 e. The number of nitrogens with two attached hydrogens (primary N) is 1. The summed E-state index contributed by atoms with van der Waals surface area (Å²) in [7, 11) is 0. The highest BCUT2D eigenvalue weighted by molar-refractivity contribution is 5.61. The third kappa shape index (κ3) is 2.42. The van der Waals surface area contributed by atoms with Crippen LogP contribution in [0.5, 0.6) is 0 Å². The van der Waals surface area contributed by atoms with Crippen molar-refractivity contribution >= 4 is 5.69 Å². The molecule has 2 aromatic heterocycles. The highest BCUT2D eigenvalue weighted by atomic mass is 19.4. The van der Waals surface area contributed by atoms with Crippen LogP contribution in [0, 0.1) is 6.92 Å². The fourth-order valence-electron chi connectivity index (χ4n) is 1.47. The van der Waals surface area contributed by atoms with Crippen molar-refractivity contribution in [1.82, 2.24) is 9.97 Å². The molecule has 0 radical (unpaired) electrons. The molecule has 0 atom stereocenters.